The van der Waals surface area contributed by atoms with Crippen molar-refractivity contribution in [3.8, 4) is 0 Å². The Labute approximate surface area is 133 Å². The van der Waals surface area contributed by atoms with Gasteiger partial charge in [0.25, 0.3) is 0 Å². The minimum Gasteiger partial charge on any atom is -0.481 e. The Morgan fingerprint density at radius 1 is 1.27 bits per heavy atom. The lowest BCUT2D eigenvalue weighted by Gasteiger charge is -2.50. The molecule has 1 saturated heterocycles. The van der Waals surface area contributed by atoms with Crippen molar-refractivity contribution in [2.75, 3.05) is 19.6 Å². The lowest BCUT2D eigenvalue weighted by molar-refractivity contribution is -0.141. The van der Waals surface area contributed by atoms with E-state index in [0.29, 0.717) is 19.0 Å². The van der Waals surface area contributed by atoms with Crippen molar-refractivity contribution >= 4 is 12.1 Å². The predicted octanol–water partition coefficient (Wildman–Crippen LogP) is 2.48. The zero-order valence-electron chi connectivity index (χ0n) is 14.4. The highest BCUT2D eigenvalue weighted by Gasteiger charge is 2.47. The topological polar surface area (TPSA) is 78.9 Å². The fourth-order valence-corrected chi connectivity index (χ4v) is 2.65. The molecule has 6 nitrogen and oxygen atoms in total. The van der Waals surface area contributed by atoms with Gasteiger partial charge >= 0.3 is 12.1 Å². The molecule has 6 heteroatoms. The summed E-state index contributed by atoms with van der Waals surface area (Å²) in [4.78, 5) is 24.7. The highest BCUT2D eigenvalue weighted by Crippen LogP contribution is 2.27. The second kappa shape index (κ2) is 7.31. The van der Waals surface area contributed by atoms with Gasteiger partial charge in [0.1, 0.15) is 5.60 Å². The molecule has 0 radical (unpaired) electrons. The van der Waals surface area contributed by atoms with Crippen molar-refractivity contribution in [1.29, 1.82) is 0 Å². The molecular formula is C16H30N2O4. The second-order valence-electron chi connectivity index (χ2n) is 7.25. The van der Waals surface area contributed by atoms with Crippen molar-refractivity contribution in [3.05, 3.63) is 0 Å². The van der Waals surface area contributed by atoms with Gasteiger partial charge in [-0.3, -0.25) is 4.79 Å². The third kappa shape index (κ3) is 5.48. The van der Waals surface area contributed by atoms with Crippen molar-refractivity contribution in [2.24, 2.45) is 5.92 Å². The number of likely N-dealkylation sites (tertiary alicyclic amines) is 1. The van der Waals surface area contributed by atoms with E-state index in [4.69, 9.17) is 9.84 Å². The molecule has 0 aromatic carbocycles. The molecule has 0 bridgehead atoms. The molecule has 0 unspecified atom stereocenters. The van der Waals surface area contributed by atoms with Gasteiger partial charge in [0.2, 0.25) is 0 Å². The number of ether oxygens (including phenoxy) is 1. The van der Waals surface area contributed by atoms with Crippen LogP contribution < -0.4 is 5.32 Å². The van der Waals surface area contributed by atoms with Gasteiger partial charge in [-0.05, 0) is 33.2 Å². The first-order valence-electron chi connectivity index (χ1n) is 8.05. The summed E-state index contributed by atoms with van der Waals surface area (Å²) in [5.41, 5.74) is -1.06. The van der Waals surface area contributed by atoms with Gasteiger partial charge in [-0.25, -0.2) is 4.79 Å². The summed E-state index contributed by atoms with van der Waals surface area (Å²) in [6, 6.07) is 0. The van der Waals surface area contributed by atoms with Crippen LogP contribution in [0, 0.1) is 5.92 Å². The number of carbonyl (C=O) groups is 2. The third-order valence-corrected chi connectivity index (χ3v) is 4.05. The van der Waals surface area contributed by atoms with Crippen LogP contribution in [-0.4, -0.2) is 52.8 Å². The highest BCUT2D eigenvalue weighted by molar-refractivity contribution is 5.73. The van der Waals surface area contributed by atoms with E-state index in [9.17, 15) is 9.59 Å². The summed E-state index contributed by atoms with van der Waals surface area (Å²) in [7, 11) is 0. The third-order valence-electron chi connectivity index (χ3n) is 4.05. The Bertz CT molecular complexity index is 393. The molecule has 1 heterocycles. The van der Waals surface area contributed by atoms with Gasteiger partial charge in [0.15, 0.2) is 0 Å². The molecule has 1 fully saturated rings. The van der Waals surface area contributed by atoms with E-state index in [2.05, 4.69) is 19.2 Å². The normalized spacial score (nSPS) is 17.3. The molecule has 0 aromatic heterocycles. The van der Waals surface area contributed by atoms with Crippen molar-refractivity contribution < 1.29 is 19.4 Å². The Morgan fingerprint density at radius 3 is 2.23 bits per heavy atom. The summed E-state index contributed by atoms with van der Waals surface area (Å²) < 4.78 is 5.32. The monoisotopic (exact) mass is 314 g/mol. The van der Waals surface area contributed by atoms with Crippen LogP contribution in [0.3, 0.4) is 0 Å². The summed E-state index contributed by atoms with van der Waals surface area (Å²) in [5, 5.41) is 12.5. The van der Waals surface area contributed by atoms with Gasteiger partial charge in [0, 0.05) is 13.1 Å². The fourth-order valence-electron chi connectivity index (χ4n) is 2.65. The lowest BCUT2D eigenvalue weighted by Crippen LogP contribution is -2.71. The van der Waals surface area contributed by atoms with E-state index in [1.807, 2.05) is 20.8 Å². The number of nitrogens with one attached hydrogen (secondary N) is 1. The number of carboxylic acid groups (broad SMARTS) is 1. The number of nitrogens with zero attached hydrogens (tertiary/aromatic N) is 1. The summed E-state index contributed by atoms with van der Waals surface area (Å²) in [6.45, 7) is 11.3. The van der Waals surface area contributed by atoms with Gasteiger partial charge in [-0.15, -0.1) is 0 Å². The Kier molecular flexibility index (Phi) is 6.23. The molecule has 0 saturated carbocycles. The zero-order chi connectivity index (χ0) is 17.0. The number of hydrogen-bond acceptors (Lipinski definition) is 4. The van der Waals surface area contributed by atoms with E-state index in [1.54, 1.807) is 4.90 Å². The molecule has 0 aliphatic carbocycles. The van der Waals surface area contributed by atoms with Crippen molar-refractivity contribution in [3.63, 3.8) is 0 Å². The maximum absolute atomic E-state index is 12.0. The molecule has 22 heavy (non-hydrogen) atoms. The van der Waals surface area contributed by atoms with Crippen LogP contribution in [-0.2, 0) is 9.53 Å². The van der Waals surface area contributed by atoms with Crippen LogP contribution in [0.1, 0.15) is 53.9 Å². The number of carboxylic acids is 1. The molecular weight excluding hydrogens is 284 g/mol. The number of carbonyl (C=O) groups excluding carboxylic acids is 1. The minimum atomic E-state index is -0.846. The van der Waals surface area contributed by atoms with Gasteiger partial charge < -0.3 is 20.1 Å². The van der Waals surface area contributed by atoms with E-state index in [0.717, 1.165) is 19.4 Å². The maximum atomic E-state index is 12.0. The van der Waals surface area contributed by atoms with E-state index < -0.39 is 17.1 Å². The van der Waals surface area contributed by atoms with Crippen LogP contribution in [0.5, 0.6) is 0 Å². The van der Waals surface area contributed by atoms with E-state index >= 15 is 0 Å². The molecule has 1 rings (SSSR count). The van der Waals surface area contributed by atoms with E-state index in [-0.39, 0.29) is 12.5 Å². The second-order valence-corrected chi connectivity index (χ2v) is 7.25. The van der Waals surface area contributed by atoms with Gasteiger partial charge in [-0.2, -0.15) is 0 Å². The Hall–Kier alpha value is -1.30. The molecule has 1 aliphatic heterocycles. The Morgan fingerprint density at radius 2 is 1.82 bits per heavy atom. The quantitative estimate of drug-likeness (QED) is 0.755. The summed E-state index contributed by atoms with van der Waals surface area (Å²) >= 11 is 0. The van der Waals surface area contributed by atoms with Crippen LogP contribution in [0.25, 0.3) is 0 Å². The van der Waals surface area contributed by atoms with Crippen LogP contribution >= 0.6 is 0 Å². The molecule has 128 valence electrons. The standard InChI is InChI=1S/C16H30N2O4/c1-6-12(7-2)9-17-16(8-13(19)20)10-18(11-16)14(21)22-15(3,4)5/h12,17H,6-11H2,1-5H3,(H,19,20). The zero-order valence-corrected chi connectivity index (χ0v) is 14.4. The van der Waals surface area contributed by atoms with E-state index in [1.165, 1.54) is 0 Å². The first-order valence-corrected chi connectivity index (χ1v) is 8.05. The minimum absolute atomic E-state index is 0.0203. The maximum Gasteiger partial charge on any atom is 0.410 e. The highest BCUT2D eigenvalue weighted by atomic mass is 16.6. The summed E-state index contributed by atoms with van der Waals surface area (Å²) in [5.74, 6) is -0.317. The molecule has 0 atom stereocenters. The van der Waals surface area contributed by atoms with Crippen LogP contribution in [0.4, 0.5) is 4.79 Å². The van der Waals surface area contributed by atoms with Gasteiger partial charge in [0.05, 0.1) is 12.0 Å². The molecule has 1 amide bonds. The van der Waals surface area contributed by atoms with Crippen molar-refractivity contribution in [2.45, 2.75) is 65.0 Å². The number of hydrogen-bond donors (Lipinski definition) is 2. The number of aliphatic carboxylic acids is 1. The SMILES string of the molecule is CCC(CC)CNC1(CC(=O)O)CN(C(=O)OC(C)(C)C)C1. The Balaban J connectivity index is 2.59. The fraction of sp³-hybridized carbons (Fsp3) is 0.875. The van der Waals surface area contributed by atoms with Crippen LogP contribution in [0.15, 0.2) is 0 Å². The molecule has 2 N–H and O–H groups in total. The van der Waals surface area contributed by atoms with Gasteiger partial charge in [-0.1, -0.05) is 26.7 Å². The average molecular weight is 314 g/mol. The summed E-state index contributed by atoms with van der Waals surface area (Å²) in [6.07, 6.45) is 1.76. The largest absolute Gasteiger partial charge is 0.481 e. The number of rotatable bonds is 7. The first kappa shape index (κ1) is 18.7. The first-order chi connectivity index (χ1) is 10.1. The molecule has 1 aliphatic rings. The smallest absolute Gasteiger partial charge is 0.410 e. The van der Waals surface area contributed by atoms with Crippen LogP contribution in [0.2, 0.25) is 0 Å². The number of amides is 1. The predicted molar refractivity (Wildman–Crippen MR) is 84.9 cm³/mol. The molecule has 0 spiro atoms. The van der Waals surface area contributed by atoms with Crippen molar-refractivity contribution in [1.82, 2.24) is 10.2 Å². The molecule has 0 aromatic rings. The average Bonchev–Trinajstić information content (AvgIpc) is 2.32. The lowest BCUT2D eigenvalue weighted by atomic mass is 9.85.